The summed E-state index contributed by atoms with van der Waals surface area (Å²) in [6.45, 7) is 10.7. The van der Waals surface area contributed by atoms with Crippen LogP contribution >= 0.6 is 0 Å². The monoisotopic (exact) mass is 825 g/mol. The van der Waals surface area contributed by atoms with E-state index in [2.05, 4.69) is 10.4 Å². The van der Waals surface area contributed by atoms with Crippen LogP contribution in [0.25, 0.3) is 10.8 Å². The number of aliphatic hydroxyl groups is 2. The van der Waals surface area contributed by atoms with E-state index in [0.717, 1.165) is 6.21 Å². The predicted molar refractivity (Wildman–Crippen MR) is 220 cm³/mol. The zero-order valence-electron chi connectivity index (χ0n) is 37.8. The highest BCUT2D eigenvalue weighted by Crippen LogP contribution is 2.55. The molecule has 1 saturated heterocycles. The third kappa shape index (κ3) is 8.91. The van der Waals surface area contributed by atoms with Crippen molar-refractivity contribution in [1.82, 2.24) is 9.91 Å². The van der Waals surface area contributed by atoms with E-state index < -0.39 is 95.8 Å². The first-order valence-corrected chi connectivity index (χ1v) is 19.6. The highest BCUT2D eigenvalue weighted by atomic mass is 16.7. The van der Waals surface area contributed by atoms with Gasteiger partial charge in [-0.25, -0.2) is 0 Å². The highest BCUT2D eigenvalue weighted by Gasteiger charge is 2.50. The standard InChI is InChI=1S/C43H58N4O12/c1-21-12-11-13-22(2)42(55)45-33-28(20-44-47-17-15-46(9)16-18-47)37(52)30-31(38(33)53)36(51)26(6)40-32(30)41(54)43(8,59-40)57-19-14-29(56-10)23(3)39(58-27(7)48)25(5)35(50)24(4)34(21)49/h11-14,19-21,23-25,29,34-35,39,49-53H,15-18H2,1-10H3,(H,45,55)/b12-11+,19-14+,22-13+,44-20+/t21-,23+,24+,25+,29-,34-,35+,39+,43-/m0/s1/i9D3. The molecule has 2 aromatic rings. The summed E-state index contributed by atoms with van der Waals surface area (Å²) in [5, 5.41) is 66.4. The Morgan fingerprint density at radius 2 is 1.66 bits per heavy atom. The number of esters is 1. The molecule has 2 aromatic carbocycles. The van der Waals surface area contributed by atoms with Crippen molar-refractivity contribution in [3.63, 3.8) is 0 Å². The van der Waals surface area contributed by atoms with Crippen molar-refractivity contribution in [3.8, 4) is 23.0 Å². The van der Waals surface area contributed by atoms with Gasteiger partial charge in [0.2, 0.25) is 0 Å². The molecule has 59 heavy (non-hydrogen) atoms. The summed E-state index contributed by atoms with van der Waals surface area (Å²) in [5.74, 6) is -8.92. The van der Waals surface area contributed by atoms with Crippen LogP contribution < -0.4 is 10.1 Å². The van der Waals surface area contributed by atoms with Gasteiger partial charge in [0.05, 0.1) is 53.0 Å². The van der Waals surface area contributed by atoms with Gasteiger partial charge in [0.15, 0.2) is 5.75 Å². The molecule has 0 aromatic heterocycles. The maximum Gasteiger partial charge on any atom is 0.312 e. The van der Waals surface area contributed by atoms with E-state index in [1.807, 2.05) is 0 Å². The number of benzene rings is 2. The summed E-state index contributed by atoms with van der Waals surface area (Å²) in [6.07, 6.45) is 4.45. The molecule has 0 spiro atoms. The van der Waals surface area contributed by atoms with Gasteiger partial charge in [0.1, 0.15) is 23.4 Å². The number of ether oxygens (including phenoxy) is 4. The third-order valence-corrected chi connectivity index (χ3v) is 11.6. The summed E-state index contributed by atoms with van der Waals surface area (Å²) < 4.78 is 46.7. The first-order valence-electron chi connectivity index (χ1n) is 21.1. The number of hydrogen-bond acceptors (Lipinski definition) is 15. The molecule has 9 atom stereocenters. The number of aliphatic hydroxyl groups excluding tert-OH is 2. The van der Waals surface area contributed by atoms with E-state index in [9.17, 15) is 39.9 Å². The molecule has 322 valence electrons. The molecule has 16 nitrogen and oxygen atoms in total. The fourth-order valence-corrected chi connectivity index (χ4v) is 7.82. The number of hydrazone groups is 1. The van der Waals surface area contributed by atoms with Gasteiger partial charge in [-0.1, -0.05) is 45.9 Å². The molecule has 16 heteroatoms. The molecule has 0 unspecified atom stereocenters. The van der Waals surface area contributed by atoms with Crippen LogP contribution in [0.1, 0.15) is 74.1 Å². The topological polar surface area (TPSA) is 220 Å². The highest BCUT2D eigenvalue weighted by molar-refractivity contribution is 6.23. The van der Waals surface area contributed by atoms with Crippen molar-refractivity contribution in [3.05, 3.63) is 52.8 Å². The number of allylic oxidation sites excluding steroid dienone is 2. The number of carbonyl (C=O) groups excluding carboxylic acids is 3. The number of rotatable bonds is 4. The summed E-state index contributed by atoms with van der Waals surface area (Å²) in [4.78, 5) is 41.9. The molecule has 4 aliphatic rings. The number of aromatic hydroxyl groups is 3. The number of phenolic OH excluding ortho intramolecular Hbond substituents is 3. The largest absolute Gasteiger partial charge is 0.507 e. The van der Waals surface area contributed by atoms with Crippen LogP contribution in [0.15, 0.2) is 41.2 Å². The van der Waals surface area contributed by atoms with Crippen molar-refractivity contribution in [2.45, 2.75) is 85.6 Å². The second kappa shape index (κ2) is 18.0. The first kappa shape index (κ1) is 40.6. The number of amides is 1. The molecule has 5 bridgehead atoms. The molecule has 6 rings (SSSR count). The van der Waals surface area contributed by atoms with Gasteiger partial charge in [-0.15, -0.1) is 0 Å². The Bertz CT molecular complexity index is 2180. The molecule has 1 amide bonds. The van der Waals surface area contributed by atoms with Crippen LogP contribution in [0.5, 0.6) is 23.0 Å². The minimum atomic E-state index is -2.30. The number of methoxy groups -OCH3 is 1. The Morgan fingerprint density at radius 3 is 2.29 bits per heavy atom. The lowest BCUT2D eigenvalue weighted by atomic mass is 9.78. The SMILES string of the molecule is [2H]C([2H])([2H])N1CCN(/N=C/c2c3c(O)c4c(O)c(C)c5c(c4c2O)C(=O)[C@@](C)(O/C=C/[C@H](OC)[C@@H](C)[C@@H](OC(C)=O)[C@H](C)[C@H](O)[C@H](C)[C@@H](O)[C@@H](C)/C=C/C=C(\C)C(=O)N3)O5)CC1. The van der Waals surface area contributed by atoms with Crippen LogP contribution in [0.4, 0.5) is 5.69 Å². The average Bonchev–Trinajstić information content (AvgIpc) is 3.48. The number of likely N-dealkylation sites (N-methyl/N-ethyl adjacent to an activating group) is 1. The minimum absolute atomic E-state index is 0.00936. The minimum Gasteiger partial charge on any atom is -0.507 e. The number of piperazine rings is 1. The Balaban J connectivity index is 1.69. The van der Waals surface area contributed by atoms with E-state index in [-0.39, 0.29) is 70.7 Å². The molecule has 0 radical (unpaired) electrons. The summed E-state index contributed by atoms with van der Waals surface area (Å²) in [5.41, 5.74) is -0.716. The Kier molecular flexibility index (Phi) is 12.4. The lowest BCUT2D eigenvalue weighted by molar-refractivity contribution is -0.160. The third-order valence-electron chi connectivity index (χ3n) is 11.6. The lowest BCUT2D eigenvalue weighted by Gasteiger charge is -2.38. The molecular formula is C43H58N4O12. The number of carbonyl (C=O) groups is 3. The number of ketones is 1. The van der Waals surface area contributed by atoms with Gasteiger partial charge in [-0.3, -0.25) is 19.4 Å². The molecule has 4 aliphatic heterocycles. The number of nitrogens with zero attached hydrogens (tertiary/aromatic N) is 3. The fourth-order valence-electron chi connectivity index (χ4n) is 7.82. The Labute approximate surface area is 348 Å². The van der Waals surface area contributed by atoms with Crippen LogP contribution in [0, 0.1) is 30.6 Å². The second-order valence-corrected chi connectivity index (χ2v) is 15.8. The number of anilines is 1. The maximum atomic E-state index is 14.5. The molecule has 1 fully saturated rings. The Hall–Kier alpha value is -5.16. The number of hydrogen-bond donors (Lipinski definition) is 6. The lowest BCUT2D eigenvalue weighted by Crippen LogP contribution is -2.46. The molecule has 6 N–H and O–H groups in total. The van der Waals surface area contributed by atoms with Gasteiger partial charge in [-0.05, 0) is 26.9 Å². The van der Waals surface area contributed by atoms with Gasteiger partial charge in [-0.2, -0.15) is 5.10 Å². The van der Waals surface area contributed by atoms with Crippen molar-refractivity contribution >= 4 is 40.3 Å². The normalized spacial score (nSPS) is 33.0. The van der Waals surface area contributed by atoms with Gasteiger partial charge < -0.3 is 54.7 Å². The van der Waals surface area contributed by atoms with Gasteiger partial charge in [0, 0.05) is 91.4 Å². The van der Waals surface area contributed by atoms with E-state index in [1.165, 1.54) is 58.1 Å². The Morgan fingerprint density at radius 1 is 0.983 bits per heavy atom. The zero-order chi connectivity index (χ0) is 46.2. The second-order valence-electron chi connectivity index (χ2n) is 15.8. The van der Waals surface area contributed by atoms with Gasteiger partial charge >= 0.3 is 11.8 Å². The van der Waals surface area contributed by atoms with Crippen molar-refractivity contribution in [2.24, 2.45) is 28.8 Å². The zero-order valence-corrected chi connectivity index (χ0v) is 34.8. The van der Waals surface area contributed by atoms with Gasteiger partial charge in [0.25, 0.3) is 11.7 Å². The first-order chi connectivity index (χ1) is 28.9. The number of fused-ring (bicyclic) bond motifs is 14. The molecular weight excluding hydrogens is 764 g/mol. The molecule has 0 saturated carbocycles. The van der Waals surface area contributed by atoms with Crippen molar-refractivity contribution in [1.29, 1.82) is 0 Å². The average molecular weight is 826 g/mol. The van der Waals surface area contributed by atoms with Crippen LogP contribution in [0.3, 0.4) is 0 Å². The van der Waals surface area contributed by atoms with Crippen LogP contribution in [-0.2, 0) is 23.8 Å². The predicted octanol–water partition coefficient (Wildman–Crippen LogP) is 4.34. The maximum absolute atomic E-state index is 14.5. The fraction of sp³-hybridized carbons (Fsp3) is 0.535. The summed E-state index contributed by atoms with van der Waals surface area (Å²) in [6, 6.07) is 0. The number of nitrogens with one attached hydrogen (secondary N) is 1. The molecule has 0 aliphatic carbocycles. The van der Waals surface area contributed by atoms with E-state index in [1.54, 1.807) is 44.9 Å². The quantitative estimate of drug-likeness (QED) is 0.109. The van der Waals surface area contributed by atoms with E-state index in [0.29, 0.717) is 0 Å². The van der Waals surface area contributed by atoms with Crippen molar-refractivity contribution in [2.75, 3.05) is 45.6 Å². The van der Waals surface area contributed by atoms with E-state index >= 15 is 0 Å². The summed E-state index contributed by atoms with van der Waals surface area (Å²) in [7, 11) is 1.42. The van der Waals surface area contributed by atoms with Crippen LogP contribution in [0.2, 0.25) is 0 Å². The van der Waals surface area contributed by atoms with Crippen LogP contribution in [-0.4, -0.2) is 130 Å². The van der Waals surface area contributed by atoms with Crippen molar-refractivity contribution < 1.29 is 63.0 Å². The summed E-state index contributed by atoms with van der Waals surface area (Å²) >= 11 is 0. The molecule has 4 heterocycles. The number of Topliss-reactive ketones (excluding diaryl/α,β-unsaturated/α-hetero) is 1. The smallest absolute Gasteiger partial charge is 0.312 e. The number of phenols is 3. The van der Waals surface area contributed by atoms with E-state index in [4.69, 9.17) is 23.1 Å².